The molecule has 0 radical (unpaired) electrons. The average molecular weight is 394 g/mol. The zero-order chi connectivity index (χ0) is 15.8. The smallest absolute Gasteiger partial charge is 0.227 e. The molecule has 2 bridgehead atoms. The van der Waals surface area contributed by atoms with Crippen LogP contribution in [-0.4, -0.2) is 67.7 Å². The monoisotopic (exact) mass is 393 g/mol. The minimum atomic E-state index is 0. The van der Waals surface area contributed by atoms with E-state index in [2.05, 4.69) is 9.80 Å². The van der Waals surface area contributed by atoms with Crippen LogP contribution < -0.4 is 5.73 Å². The van der Waals surface area contributed by atoms with Crippen LogP contribution in [0.4, 0.5) is 0 Å². The Bertz CT molecular complexity index is 438. The Hall–Kier alpha value is -0.0700. The number of nitrogens with two attached hydrogens (primary N) is 1. The van der Waals surface area contributed by atoms with Gasteiger partial charge in [0, 0.05) is 38.8 Å². The second kappa shape index (κ2) is 9.23. The van der Waals surface area contributed by atoms with Gasteiger partial charge in [-0.3, -0.25) is 9.69 Å². The minimum absolute atomic E-state index is 0. The molecule has 2 N–H and O–H groups in total. The van der Waals surface area contributed by atoms with Crippen molar-refractivity contribution in [2.24, 2.45) is 29.4 Å². The first-order chi connectivity index (χ1) is 11.2. The van der Waals surface area contributed by atoms with Crippen LogP contribution in [0.15, 0.2) is 0 Å². The summed E-state index contributed by atoms with van der Waals surface area (Å²) in [5, 5.41) is 0. The van der Waals surface area contributed by atoms with E-state index in [0.717, 1.165) is 58.2 Å². The lowest BCUT2D eigenvalue weighted by Gasteiger charge is -2.38. The number of halogens is 2. The first-order valence-electron chi connectivity index (χ1n) is 9.57. The molecule has 2 saturated carbocycles. The zero-order valence-corrected chi connectivity index (χ0v) is 16.6. The van der Waals surface area contributed by atoms with Crippen molar-refractivity contribution in [3.63, 3.8) is 0 Å². The molecule has 0 spiro atoms. The second-order valence-electron chi connectivity index (χ2n) is 8.12. The summed E-state index contributed by atoms with van der Waals surface area (Å²) in [7, 11) is 0. The highest BCUT2D eigenvalue weighted by Crippen LogP contribution is 2.48. The summed E-state index contributed by atoms with van der Waals surface area (Å²) in [4.78, 5) is 17.6. The zero-order valence-electron chi connectivity index (χ0n) is 15.0. The van der Waals surface area contributed by atoms with Gasteiger partial charge in [-0.05, 0) is 49.9 Å². The number of fused-ring (bicyclic) bond motifs is 2. The Morgan fingerprint density at radius 2 is 1.60 bits per heavy atom. The van der Waals surface area contributed by atoms with Crippen LogP contribution in [0.5, 0.6) is 0 Å². The number of carbonyl (C=O) groups is 1. The van der Waals surface area contributed by atoms with E-state index >= 15 is 0 Å². The molecule has 0 aromatic heterocycles. The fourth-order valence-corrected chi connectivity index (χ4v) is 5.40. The van der Waals surface area contributed by atoms with E-state index < -0.39 is 0 Å². The van der Waals surface area contributed by atoms with Crippen molar-refractivity contribution < 1.29 is 9.53 Å². The number of hydrogen-bond acceptors (Lipinski definition) is 4. The number of ether oxygens (including phenoxy) is 1. The number of morpholine rings is 1. The average Bonchev–Trinajstić information content (AvgIpc) is 3.17. The lowest BCUT2D eigenvalue weighted by Crippen LogP contribution is -2.50. The summed E-state index contributed by atoms with van der Waals surface area (Å²) in [6.45, 7) is 6.94. The molecule has 7 heteroatoms. The van der Waals surface area contributed by atoms with E-state index in [9.17, 15) is 4.79 Å². The fourth-order valence-electron chi connectivity index (χ4n) is 5.40. The summed E-state index contributed by atoms with van der Waals surface area (Å²) in [6, 6.07) is 0.132. The predicted molar refractivity (Wildman–Crippen MR) is 103 cm³/mol. The van der Waals surface area contributed by atoms with Crippen LogP contribution in [0.1, 0.15) is 32.1 Å². The molecule has 0 aromatic rings. The Morgan fingerprint density at radius 1 is 0.960 bits per heavy atom. The van der Waals surface area contributed by atoms with Crippen LogP contribution >= 0.6 is 24.8 Å². The number of likely N-dealkylation sites (tertiary alicyclic amines) is 1. The maximum atomic E-state index is 12.9. The third-order valence-corrected chi connectivity index (χ3v) is 6.81. The first kappa shape index (κ1) is 21.2. The molecule has 4 rings (SSSR count). The lowest BCUT2D eigenvalue weighted by atomic mass is 9.83. The SMILES string of the molecule is Cl.Cl.NC1C2CCC(C2)C1C(=O)N1CCC(CN2CCOCC2)CC1. The fraction of sp³-hybridized carbons (Fsp3) is 0.944. The maximum absolute atomic E-state index is 12.9. The topological polar surface area (TPSA) is 58.8 Å². The Kier molecular flexibility index (Phi) is 7.84. The summed E-state index contributed by atoms with van der Waals surface area (Å²) in [5.41, 5.74) is 6.36. The molecule has 1 amide bonds. The molecule has 2 saturated heterocycles. The van der Waals surface area contributed by atoms with Gasteiger partial charge in [0.15, 0.2) is 0 Å². The van der Waals surface area contributed by atoms with Gasteiger partial charge in [-0.25, -0.2) is 0 Å². The third-order valence-electron chi connectivity index (χ3n) is 6.81. The largest absolute Gasteiger partial charge is 0.379 e. The van der Waals surface area contributed by atoms with Crippen LogP contribution in [0, 0.1) is 23.7 Å². The molecule has 4 atom stereocenters. The number of rotatable bonds is 3. The highest BCUT2D eigenvalue weighted by atomic mass is 35.5. The molecule has 2 aliphatic carbocycles. The third kappa shape index (κ3) is 4.44. The molecule has 2 heterocycles. The second-order valence-corrected chi connectivity index (χ2v) is 8.12. The van der Waals surface area contributed by atoms with Crippen molar-refractivity contribution in [2.75, 3.05) is 45.9 Å². The molecule has 4 unspecified atom stereocenters. The van der Waals surface area contributed by atoms with E-state index in [1.165, 1.54) is 25.8 Å². The van der Waals surface area contributed by atoms with Crippen LogP contribution in [0.25, 0.3) is 0 Å². The van der Waals surface area contributed by atoms with Crippen LogP contribution in [0.3, 0.4) is 0 Å². The van der Waals surface area contributed by atoms with Gasteiger partial charge in [0.2, 0.25) is 5.91 Å². The van der Waals surface area contributed by atoms with Crippen LogP contribution in [-0.2, 0) is 9.53 Å². The van der Waals surface area contributed by atoms with E-state index in [0.29, 0.717) is 17.7 Å². The molecule has 4 fully saturated rings. The number of hydrogen-bond donors (Lipinski definition) is 1. The van der Waals surface area contributed by atoms with Gasteiger partial charge in [-0.1, -0.05) is 0 Å². The number of amides is 1. The Balaban J connectivity index is 0.00000113. The summed E-state index contributed by atoms with van der Waals surface area (Å²) in [6.07, 6.45) is 5.98. The van der Waals surface area contributed by atoms with Gasteiger partial charge in [-0.2, -0.15) is 0 Å². The molecule has 4 aliphatic rings. The molecule has 146 valence electrons. The van der Waals surface area contributed by atoms with Crippen molar-refractivity contribution in [2.45, 2.75) is 38.1 Å². The Morgan fingerprint density at radius 3 is 2.20 bits per heavy atom. The standard InChI is InChI=1S/C18H31N3O2.2ClH/c19-17-15-2-1-14(11-15)16(17)18(22)21-5-3-13(4-6-21)12-20-7-9-23-10-8-20;;/h13-17H,1-12,19H2;2*1H. The first-order valence-corrected chi connectivity index (χ1v) is 9.57. The van der Waals surface area contributed by atoms with E-state index in [1.54, 1.807) is 0 Å². The molecule has 0 aromatic carbocycles. The van der Waals surface area contributed by atoms with E-state index in [1.807, 2.05) is 0 Å². The van der Waals surface area contributed by atoms with Crippen molar-refractivity contribution >= 4 is 30.7 Å². The molecular weight excluding hydrogens is 361 g/mol. The molecule has 2 aliphatic heterocycles. The Labute approximate surface area is 163 Å². The van der Waals surface area contributed by atoms with Crippen molar-refractivity contribution in [1.29, 1.82) is 0 Å². The number of nitrogens with zero attached hydrogens (tertiary/aromatic N) is 2. The van der Waals surface area contributed by atoms with Crippen LogP contribution in [0.2, 0.25) is 0 Å². The highest BCUT2D eigenvalue weighted by Gasteiger charge is 2.50. The van der Waals surface area contributed by atoms with Gasteiger partial charge in [0.25, 0.3) is 0 Å². The summed E-state index contributed by atoms with van der Waals surface area (Å²) in [5.74, 6) is 2.44. The van der Waals surface area contributed by atoms with Crippen molar-refractivity contribution in [3.05, 3.63) is 0 Å². The summed E-state index contributed by atoms with van der Waals surface area (Å²) >= 11 is 0. The molecule has 5 nitrogen and oxygen atoms in total. The van der Waals surface area contributed by atoms with Gasteiger partial charge in [0.1, 0.15) is 0 Å². The quantitative estimate of drug-likeness (QED) is 0.793. The molecule has 25 heavy (non-hydrogen) atoms. The predicted octanol–water partition coefficient (Wildman–Crippen LogP) is 1.77. The van der Waals surface area contributed by atoms with Crippen molar-refractivity contribution in [1.82, 2.24) is 9.80 Å². The van der Waals surface area contributed by atoms with Gasteiger partial charge in [0.05, 0.1) is 19.1 Å². The summed E-state index contributed by atoms with van der Waals surface area (Å²) < 4.78 is 5.42. The molecular formula is C18H33Cl2N3O2. The lowest BCUT2D eigenvalue weighted by molar-refractivity contribution is -0.139. The highest BCUT2D eigenvalue weighted by molar-refractivity contribution is 5.85. The van der Waals surface area contributed by atoms with E-state index in [-0.39, 0.29) is 36.8 Å². The van der Waals surface area contributed by atoms with Crippen molar-refractivity contribution in [3.8, 4) is 0 Å². The number of carbonyl (C=O) groups excluding carboxylic acids is 1. The van der Waals surface area contributed by atoms with Gasteiger partial charge in [-0.15, -0.1) is 24.8 Å². The maximum Gasteiger partial charge on any atom is 0.227 e. The normalized spacial score (nSPS) is 36.0. The van der Waals surface area contributed by atoms with Gasteiger partial charge >= 0.3 is 0 Å². The van der Waals surface area contributed by atoms with E-state index in [4.69, 9.17) is 10.5 Å². The van der Waals surface area contributed by atoms with Gasteiger partial charge < -0.3 is 15.4 Å². The number of piperidine rings is 1. The minimum Gasteiger partial charge on any atom is -0.379 e.